The van der Waals surface area contributed by atoms with Crippen molar-refractivity contribution in [2.45, 2.75) is 95.6 Å². The smallest absolute Gasteiger partial charge is 0.116 e. The van der Waals surface area contributed by atoms with Crippen LogP contribution < -0.4 is 4.74 Å². The number of para-hydroxylation sites is 1. The van der Waals surface area contributed by atoms with E-state index in [4.69, 9.17) is 9.84 Å². The van der Waals surface area contributed by atoms with E-state index >= 15 is 0 Å². The van der Waals surface area contributed by atoms with Crippen molar-refractivity contribution < 1.29 is 42.6 Å². The van der Waals surface area contributed by atoms with Gasteiger partial charge in [-0.3, -0.25) is 5.92 Å². The van der Waals surface area contributed by atoms with Crippen LogP contribution in [-0.4, -0.2) is 17.3 Å². The Morgan fingerprint density at radius 3 is 1.36 bits per heavy atom. The number of benzene rings is 1. The Morgan fingerprint density at radius 2 is 1.12 bits per heavy atom. The number of hydrogen-bond donors (Lipinski definition) is 1. The molecule has 0 bridgehead atoms. The average molecular weight is 433 g/mol. The largest absolute Gasteiger partial charge is 0.519 e. The van der Waals surface area contributed by atoms with E-state index in [0.29, 0.717) is 0 Å². The van der Waals surface area contributed by atoms with Crippen molar-refractivity contribution in [3.05, 3.63) is 36.2 Å². The predicted molar refractivity (Wildman–Crippen MR) is 114 cm³/mol. The van der Waals surface area contributed by atoms with Crippen molar-refractivity contribution >= 4 is 0 Å². The first kappa shape index (κ1) is 39.9. The van der Waals surface area contributed by atoms with Gasteiger partial charge in [0.1, 0.15) is 5.75 Å². The number of rotatable bonds is 3. The Morgan fingerprint density at radius 1 is 0.840 bits per heavy atom. The molecule has 0 amide bonds. The maximum Gasteiger partial charge on any atom is 0.116 e. The Kier molecular flexibility index (Phi) is 56.3. The van der Waals surface area contributed by atoms with Gasteiger partial charge < -0.3 is 9.84 Å². The van der Waals surface area contributed by atoms with Crippen molar-refractivity contribution in [2.24, 2.45) is 0 Å². The van der Waals surface area contributed by atoms with Crippen molar-refractivity contribution in [3.63, 3.8) is 0 Å². The number of aliphatic hydroxyl groups excluding tert-OH is 1. The summed E-state index contributed by atoms with van der Waals surface area (Å²) in [6.07, 6.45) is 0. The fourth-order valence-electron chi connectivity index (χ4n) is 0.885. The van der Waals surface area contributed by atoms with Crippen molar-refractivity contribution in [3.8, 4) is 5.75 Å². The van der Waals surface area contributed by atoms with E-state index in [9.17, 15) is 0 Å². The summed E-state index contributed by atoms with van der Waals surface area (Å²) in [5, 5.41) is 7.57. The molecule has 151 valence electrons. The number of ether oxygens (including phenoxy) is 1. The maximum atomic E-state index is 7.57. The fourth-order valence-corrected chi connectivity index (χ4v) is 0.885. The van der Waals surface area contributed by atoms with Gasteiger partial charge in [-0.1, -0.05) is 87.4 Å². The quantitative estimate of drug-likeness (QED) is 0.500. The standard InChI is InChI=1S/C12H17O.C2H6O.4C2H6.Y/c1-10(2)12(3,4)13-11-8-6-5-7-9-11;1-2-3;4*1-2;/h5-9H,1-4H3;3H,2H2,1H3;4*1-2H3;/q-1;;;;;;. The van der Waals surface area contributed by atoms with Gasteiger partial charge in [0, 0.05) is 39.3 Å². The molecular formula is C22H47O2Y-. The predicted octanol–water partition coefficient (Wildman–Crippen LogP) is 7.56. The van der Waals surface area contributed by atoms with Crippen LogP contribution in [-0.2, 0) is 32.7 Å². The van der Waals surface area contributed by atoms with Gasteiger partial charge in [-0.25, -0.2) is 0 Å². The van der Waals surface area contributed by atoms with Crippen molar-refractivity contribution in [2.75, 3.05) is 6.61 Å². The summed E-state index contributed by atoms with van der Waals surface area (Å²) in [6, 6.07) is 9.91. The van der Waals surface area contributed by atoms with Gasteiger partial charge in [-0.05, 0) is 24.7 Å². The second kappa shape index (κ2) is 35.2. The second-order valence-corrected chi connectivity index (χ2v) is 4.24. The summed E-state index contributed by atoms with van der Waals surface area (Å²) in [7, 11) is 0. The minimum atomic E-state index is -0.179. The van der Waals surface area contributed by atoms with E-state index in [1.165, 1.54) is 5.92 Å². The molecular weight excluding hydrogens is 385 g/mol. The molecule has 0 heterocycles. The minimum Gasteiger partial charge on any atom is -0.519 e. The summed E-state index contributed by atoms with van der Waals surface area (Å²) in [5.41, 5.74) is -0.179. The van der Waals surface area contributed by atoms with Crippen LogP contribution in [0.25, 0.3) is 0 Å². The third-order valence-electron chi connectivity index (χ3n) is 2.32. The summed E-state index contributed by atoms with van der Waals surface area (Å²) in [5.74, 6) is 2.20. The molecule has 1 radical (unpaired) electrons. The van der Waals surface area contributed by atoms with Gasteiger partial charge in [0.15, 0.2) is 0 Å². The molecule has 1 N–H and O–H groups in total. The van der Waals surface area contributed by atoms with E-state index in [2.05, 4.69) is 27.7 Å². The fraction of sp³-hybridized carbons (Fsp3) is 0.682. The molecule has 0 aromatic heterocycles. The normalized spacial score (nSPS) is 7.80. The van der Waals surface area contributed by atoms with E-state index in [-0.39, 0.29) is 44.9 Å². The van der Waals surface area contributed by atoms with Gasteiger partial charge in [0.2, 0.25) is 0 Å². The van der Waals surface area contributed by atoms with Crippen LogP contribution >= 0.6 is 0 Å². The summed E-state index contributed by atoms with van der Waals surface area (Å²) in [4.78, 5) is 0. The first-order chi connectivity index (χ1) is 11.4. The zero-order valence-corrected chi connectivity index (χ0v) is 22.4. The van der Waals surface area contributed by atoms with Crippen LogP contribution in [0.2, 0.25) is 0 Å². The van der Waals surface area contributed by atoms with Crippen molar-refractivity contribution in [1.29, 1.82) is 0 Å². The topological polar surface area (TPSA) is 29.5 Å². The summed E-state index contributed by atoms with van der Waals surface area (Å²) >= 11 is 0. The Labute approximate surface area is 186 Å². The third-order valence-corrected chi connectivity index (χ3v) is 2.32. The van der Waals surface area contributed by atoms with Crippen LogP contribution in [0.4, 0.5) is 0 Å². The maximum absolute atomic E-state index is 7.57. The molecule has 0 fully saturated rings. The Bertz CT molecular complexity index is 273. The molecule has 1 rings (SSSR count). The molecule has 0 aliphatic heterocycles. The second-order valence-electron chi connectivity index (χ2n) is 4.24. The van der Waals surface area contributed by atoms with Crippen LogP contribution in [0.3, 0.4) is 0 Å². The van der Waals surface area contributed by atoms with Gasteiger partial charge in [0.05, 0.1) is 0 Å². The SMILES string of the molecule is CC.CC.CC.CC.CCO.C[C-](C)C(C)(C)Oc1ccccc1.[Y]. The minimum absolute atomic E-state index is 0. The summed E-state index contributed by atoms with van der Waals surface area (Å²) in [6.45, 7) is 26.3. The molecule has 0 aliphatic rings. The van der Waals surface area contributed by atoms with Crippen molar-refractivity contribution in [1.82, 2.24) is 0 Å². The van der Waals surface area contributed by atoms with E-state index < -0.39 is 0 Å². The van der Waals surface area contributed by atoms with Crippen LogP contribution in [0.15, 0.2) is 30.3 Å². The molecule has 2 nitrogen and oxygen atoms in total. The van der Waals surface area contributed by atoms with Crippen LogP contribution in [0.5, 0.6) is 5.75 Å². The first-order valence-corrected chi connectivity index (χ1v) is 9.59. The van der Waals surface area contributed by atoms with E-state index in [1.807, 2.05) is 85.7 Å². The van der Waals surface area contributed by atoms with Gasteiger partial charge in [-0.15, -0.1) is 0 Å². The molecule has 0 unspecified atom stereocenters. The Balaban J connectivity index is -0.0000000640. The van der Waals surface area contributed by atoms with Crippen LogP contribution in [0, 0.1) is 5.92 Å². The molecule has 0 aliphatic carbocycles. The summed E-state index contributed by atoms with van der Waals surface area (Å²) < 4.78 is 5.83. The zero-order valence-electron chi connectivity index (χ0n) is 19.5. The van der Waals surface area contributed by atoms with Gasteiger partial charge >= 0.3 is 0 Å². The average Bonchev–Trinajstić information content (AvgIpc) is 2.63. The van der Waals surface area contributed by atoms with Gasteiger partial charge in [0.25, 0.3) is 0 Å². The molecule has 25 heavy (non-hydrogen) atoms. The van der Waals surface area contributed by atoms with E-state index in [1.54, 1.807) is 6.92 Å². The molecule has 0 spiro atoms. The van der Waals surface area contributed by atoms with Crippen LogP contribution in [0.1, 0.15) is 90.0 Å². The van der Waals surface area contributed by atoms with Gasteiger partial charge in [-0.2, -0.15) is 13.8 Å². The zero-order chi connectivity index (χ0) is 20.6. The number of hydrogen-bond acceptors (Lipinski definition) is 2. The molecule has 1 aromatic carbocycles. The van der Waals surface area contributed by atoms with E-state index in [0.717, 1.165) is 5.75 Å². The first-order valence-electron chi connectivity index (χ1n) is 9.59. The monoisotopic (exact) mass is 432 g/mol. The number of aliphatic hydroxyl groups is 1. The molecule has 3 heteroatoms. The molecule has 0 saturated carbocycles. The molecule has 1 aromatic rings. The third kappa shape index (κ3) is 32.3. The molecule has 0 saturated heterocycles. The molecule has 0 atom stereocenters. The Hall–Kier alpha value is 0.0839.